The maximum atomic E-state index is 14.7. The van der Waals surface area contributed by atoms with E-state index in [-0.39, 0.29) is 51.9 Å². The number of hydrogen-bond acceptors (Lipinski definition) is 6. The number of allylic oxidation sites excluding steroid dienone is 2. The third-order valence-corrected chi connectivity index (χ3v) is 15.7. The molecule has 0 unspecified atom stereocenters. The predicted molar refractivity (Wildman–Crippen MR) is 183 cm³/mol. The van der Waals surface area contributed by atoms with Crippen molar-refractivity contribution < 1.29 is 28.6 Å². The first-order valence-corrected chi connectivity index (χ1v) is 19.0. The van der Waals surface area contributed by atoms with Gasteiger partial charge in [0.1, 0.15) is 22.9 Å². The molecule has 7 aliphatic rings. The zero-order chi connectivity index (χ0) is 34.2. The Bertz CT molecular complexity index is 1630. The zero-order valence-electron chi connectivity index (χ0n) is 30.6. The second-order valence-electron chi connectivity index (χ2n) is 18.9. The monoisotopic (exact) mass is 656 g/mol. The highest BCUT2D eigenvalue weighted by molar-refractivity contribution is 5.93. The number of fused-ring (bicyclic) bond motifs is 7. The number of rotatable bonds is 3. The zero-order valence-corrected chi connectivity index (χ0v) is 30.6. The average Bonchev–Trinajstić information content (AvgIpc) is 3.32. The van der Waals surface area contributed by atoms with E-state index in [9.17, 15) is 14.4 Å². The van der Waals surface area contributed by atoms with Gasteiger partial charge in [0.25, 0.3) is 0 Å². The van der Waals surface area contributed by atoms with E-state index < -0.39 is 22.5 Å². The van der Waals surface area contributed by atoms with Crippen molar-refractivity contribution in [2.75, 3.05) is 0 Å². The van der Waals surface area contributed by atoms with Crippen LogP contribution >= 0.6 is 0 Å². The molecule has 2 aliphatic heterocycles. The van der Waals surface area contributed by atoms with Crippen LogP contribution in [0.5, 0.6) is 5.75 Å². The van der Waals surface area contributed by atoms with Crippen molar-refractivity contribution in [3.8, 4) is 5.75 Å². The first-order valence-electron chi connectivity index (χ1n) is 19.0. The van der Waals surface area contributed by atoms with Gasteiger partial charge in [-0.1, -0.05) is 65.2 Å². The van der Waals surface area contributed by atoms with Crippen LogP contribution in [0.3, 0.4) is 0 Å². The Labute approximate surface area is 287 Å². The van der Waals surface area contributed by atoms with Crippen molar-refractivity contribution in [2.45, 2.75) is 155 Å². The van der Waals surface area contributed by atoms with Crippen LogP contribution in [0.25, 0.3) is 0 Å². The molecule has 260 valence electrons. The van der Waals surface area contributed by atoms with Crippen molar-refractivity contribution in [2.24, 2.45) is 39.9 Å². The summed E-state index contributed by atoms with van der Waals surface area (Å²) >= 11 is 0. The lowest BCUT2D eigenvalue weighted by atomic mass is 9.44. The van der Waals surface area contributed by atoms with Crippen molar-refractivity contribution >= 4 is 17.9 Å². The lowest BCUT2D eigenvalue weighted by Crippen LogP contribution is -2.57. The van der Waals surface area contributed by atoms with Crippen LogP contribution in [0.4, 0.5) is 0 Å². The van der Waals surface area contributed by atoms with Gasteiger partial charge in [-0.25, -0.2) is 0 Å². The first-order chi connectivity index (χ1) is 22.5. The molecule has 6 heteroatoms. The van der Waals surface area contributed by atoms with Gasteiger partial charge in [0, 0.05) is 29.9 Å². The smallest absolute Gasteiger partial charge is 0.322 e. The largest absolute Gasteiger partial charge is 0.459 e. The van der Waals surface area contributed by atoms with Crippen LogP contribution in [0.15, 0.2) is 23.8 Å². The molecular weight excluding hydrogens is 600 g/mol. The Kier molecular flexibility index (Phi) is 6.93. The van der Waals surface area contributed by atoms with Gasteiger partial charge < -0.3 is 14.2 Å². The Morgan fingerprint density at radius 3 is 2.33 bits per heavy atom. The van der Waals surface area contributed by atoms with Gasteiger partial charge in [-0.2, -0.15) is 0 Å². The van der Waals surface area contributed by atoms with Crippen molar-refractivity contribution in [3.05, 3.63) is 40.5 Å². The number of esters is 3. The number of hydrogen-bond donors (Lipinski definition) is 0. The number of carbonyl (C=O) groups is 3. The molecule has 8 rings (SSSR count). The van der Waals surface area contributed by atoms with Crippen LogP contribution in [-0.4, -0.2) is 23.5 Å². The van der Waals surface area contributed by atoms with Gasteiger partial charge in [-0.05, 0) is 118 Å². The van der Waals surface area contributed by atoms with E-state index in [1.165, 1.54) is 18.1 Å². The molecule has 1 aromatic rings. The number of carbonyl (C=O) groups excluding carboxylic acids is 3. The Balaban J connectivity index is 1.31. The highest BCUT2D eigenvalue weighted by Crippen LogP contribution is 2.70. The van der Waals surface area contributed by atoms with Gasteiger partial charge in [0.05, 0.1) is 5.41 Å². The molecule has 0 N–H and O–H groups in total. The molecule has 3 saturated carbocycles. The number of ether oxygens (including phenoxy) is 3. The minimum atomic E-state index is -0.905. The summed E-state index contributed by atoms with van der Waals surface area (Å²) in [6.07, 6.45) is 13.0. The summed E-state index contributed by atoms with van der Waals surface area (Å²) in [6.45, 7) is 17.7. The normalized spacial score (nSPS) is 43.2. The molecule has 1 aromatic carbocycles. The Morgan fingerprint density at radius 2 is 1.60 bits per heavy atom. The molecule has 9 atom stereocenters. The van der Waals surface area contributed by atoms with Crippen LogP contribution in [-0.2, 0) is 34.7 Å². The summed E-state index contributed by atoms with van der Waals surface area (Å²) < 4.78 is 19.1. The topological polar surface area (TPSA) is 78.9 Å². The second kappa shape index (κ2) is 10.2. The molecule has 4 fully saturated rings. The Morgan fingerprint density at radius 1 is 0.896 bits per heavy atom. The lowest BCUT2D eigenvalue weighted by molar-refractivity contribution is -0.157. The van der Waals surface area contributed by atoms with E-state index in [2.05, 4.69) is 60.6 Å². The molecule has 0 amide bonds. The van der Waals surface area contributed by atoms with E-state index in [1.807, 2.05) is 6.07 Å². The van der Waals surface area contributed by atoms with Gasteiger partial charge in [-0.15, -0.1) is 0 Å². The molecule has 6 nitrogen and oxygen atoms in total. The third kappa shape index (κ3) is 4.07. The van der Waals surface area contributed by atoms with Crippen LogP contribution < -0.4 is 4.74 Å². The SMILES string of the molecule is CC(=O)O[C@H]1C[C@H]2C(C)(C)CCC[C@]2(C)c2ccc3c(c21)[C@@]1(CCC=C(C)[C@@H]1C[C@@H]1[C@@]24CCCC(C)(C)[C@@H]2CC[C@]1(C)OC4=O)C(=O)O3. The maximum absolute atomic E-state index is 14.7. The van der Waals surface area contributed by atoms with Crippen molar-refractivity contribution in [1.29, 1.82) is 0 Å². The fourth-order valence-corrected chi connectivity index (χ4v) is 13.7. The lowest BCUT2D eigenvalue weighted by Gasteiger charge is -2.57. The average molecular weight is 657 g/mol. The van der Waals surface area contributed by atoms with E-state index in [4.69, 9.17) is 14.2 Å². The first kappa shape index (κ1) is 32.6. The molecule has 2 bridgehead atoms. The molecule has 0 radical (unpaired) electrons. The van der Waals surface area contributed by atoms with E-state index in [0.29, 0.717) is 24.5 Å². The van der Waals surface area contributed by atoms with E-state index in [0.717, 1.165) is 75.3 Å². The molecule has 0 aromatic heterocycles. The molecule has 48 heavy (non-hydrogen) atoms. The fraction of sp³-hybridized carbons (Fsp3) is 0.738. The van der Waals surface area contributed by atoms with Gasteiger partial charge in [-0.3, -0.25) is 14.4 Å². The maximum Gasteiger partial charge on any atom is 0.322 e. The Hall–Kier alpha value is -2.63. The van der Waals surface area contributed by atoms with E-state index in [1.54, 1.807) is 0 Å². The van der Waals surface area contributed by atoms with Gasteiger partial charge >= 0.3 is 17.9 Å². The summed E-state index contributed by atoms with van der Waals surface area (Å²) in [6, 6.07) is 4.23. The second-order valence-corrected chi connectivity index (χ2v) is 18.9. The van der Waals surface area contributed by atoms with Crippen molar-refractivity contribution in [3.63, 3.8) is 0 Å². The number of benzene rings is 1. The minimum absolute atomic E-state index is 0.00246. The van der Waals surface area contributed by atoms with Crippen LogP contribution in [0, 0.1) is 39.9 Å². The minimum Gasteiger partial charge on any atom is -0.459 e. The summed E-state index contributed by atoms with van der Waals surface area (Å²) in [5.74, 6) is 0.649. The fourth-order valence-electron chi connectivity index (χ4n) is 13.7. The molecule has 2 spiro atoms. The summed E-state index contributed by atoms with van der Waals surface area (Å²) in [5, 5.41) is 0. The van der Waals surface area contributed by atoms with Gasteiger partial charge in [0.15, 0.2) is 0 Å². The van der Waals surface area contributed by atoms with E-state index >= 15 is 0 Å². The quantitative estimate of drug-likeness (QED) is 0.183. The molecular formula is C42H56O6. The molecule has 1 saturated heterocycles. The highest BCUT2D eigenvalue weighted by atomic mass is 16.6. The predicted octanol–water partition coefficient (Wildman–Crippen LogP) is 9.22. The highest BCUT2D eigenvalue weighted by Gasteiger charge is 2.72. The standard InChI is InChI=1S/C42H56O6/c1-24-12-9-19-41(27(24)22-32-40(8)21-15-30-37(3,4)17-11-20-42(30,32)36(45)48-40)34-28(47-35(41)44)14-13-26-33(34)29(46-25(2)43)23-31-38(5,6)16-10-18-39(26,31)7/h12-14,27,29-32H,9-11,15-23H2,1-8H3/t27-,29-,30-,31-,32-,39+,40-,41-,42+/m0/s1. The van der Waals surface area contributed by atoms with Gasteiger partial charge in [0.2, 0.25) is 0 Å². The van der Waals surface area contributed by atoms with Crippen LogP contribution in [0.2, 0.25) is 0 Å². The van der Waals surface area contributed by atoms with Crippen LogP contribution in [0.1, 0.15) is 155 Å². The summed E-state index contributed by atoms with van der Waals surface area (Å²) in [5.41, 5.74) is 2.53. The van der Waals surface area contributed by atoms with Crippen molar-refractivity contribution in [1.82, 2.24) is 0 Å². The third-order valence-electron chi connectivity index (χ3n) is 15.7. The summed E-state index contributed by atoms with van der Waals surface area (Å²) in [4.78, 5) is 41.7. The summed E-state index contributed by atoms with van der Waals surface area (Å²) in [7, 11) is 0. The molecule has 2 heterocycles. The molecule has 5 aliphatic carbocycles.